The van der Waals surface area contributed by atoms with Crippen LogP contribution in [-0.2, 0) is 6.54 Å². The minimum Gasteiger partial charge on any atom is -0.390 e. The molecule has 2 aromatic rings. The van der Waals surface area contributed by atoms with Crippen molar-refractivity contribution in [1.82, 2.24) is 14.8 Å². The smallest absolute Gasteiger partial charge is 0.390 e. The predicted molar refractivity (Wildman–Crippen MR) is 57.4 cm³/mol. The number of benzene rings is 1. The molecular formula is C10H7FN4O3. The Balaban J connectivity index is 2.16. The molecule has 0 aliphatic heterocycles. The number of rotatable bonds is 4. The molecule has 0 saturated heterocycles. The molecule has 0 amide bonds. The Morgan fingerprint density at radius 2 is 2.17 bits per heavy atom. The molecule has 0 aliphatic rings. The van der Waals surface area contributed by atoms with Gasteiger partial charge in [0.2, 0.25) is 6.33 Å². The second kappa shape index (κ2) is 4.70. The lowest BCUT2D eigenvalue weighted by Gasteiger charge is -1.99. The highest BCUT2D eigenvalue weighted by Gasteiger charge is 2.17. The maximum Gasteiger partial charge on any atom is 0.490 e. The quantitative estimate of drug-likeness (QED) is 0.462. The monoisotopic (exact) mass is 250 g/mol. The SMILES string of the molecule is O=C(Cn1cnc([N+](=O)[O-])n1)c1ccccc1F. The van der Waals surface area contributed by atoms with Gasteiger partial charge in [-0.3, -0.25) is 4.79 Å². The van der Waals surface area contributed by atoms with Crippen LogP contribution in [0.5, 0.6) is 0 Å². The van der Waals surface area contributed by atoms with Crippen molar-refractivity contribution < 1.29 is 14.1 Å². The normalized spacial score (nSPS) is 10.3. The number of aromatic nitrogens is 3. The molecule has 0 fully saturated rings. The fourth-order valence-electron chi connectivity index (χ4n) is 1.36. The highest BCUT2D eigenvalue weighted by Crippen LogP contribution is 2.09. The topological polar surface area (TPSA) is 90.9 Å². The van der Waals surface area contributed by atoms with Crippen molar-refractivity contribution in [2.75, 3.05) is 0 Å². The first-order valence-electron chi connectivity index (χ1n) is 4.89. The van der Waals surface area contributed by atoms with E-state index in [-0.39, 0.29) is 12.1 Å². The number of hydrogen-bond donors (Lipinski definition) is 0. The molecule has 1 aromatic carbocycles. The van der Waals surface area contributed by atoms with Crippen LogP contribution in [0.1, 0.15) is 10.4 Å². The summed E-state index contributed by atoms with van der Waals surface area (Å²) < 4.78 is 14.3. The van der Waals surface area contributed by atoms with Crippen molar-refractivity contribution in [3.8, 4) is 0 Å². The molecule has 0 bridgehead atoms. The lowest BCUT2D eigenvalue weighted by Crippen LogP contribution is -2.12. The van der Waals surface area contributed by atoms with E-state index in [1.54, 1.807) is 0 Å². The van der Waals surface area contributed by atoms with E-state index < -0.39 is 22.5 Å². The standard InChI is InChI=1S/C10H7FN4O3/c11-8-4-2-1-3-7(8)9(16)5-14-6-12-10(13-14)15(17)18/h1-4,6H,5H2. The number of carbonyl (C=O) groups excluding carboxylic acids is 1. The van der Waals surface area contributed by atoms with Gasteiger partial charge in [-0.05, 0) is 17.1 Å². The Bertz CT molecular complexity index is 611. The molecule has 8 heteroatoms. The van der Waals surface area contributed by atoms with Crippen molar-refractivity contribution in [3.63, 3.8) is 0 Å². The van der Waals surface area contributed by atoms with Crippen LogP contribution in [-0.4, -0.2) is 25.5 Å². The average Bonchev–Trinajstić information content (AvgIpc) is 2.78. The van der Waals surface area contributed by atoms with Crippen LogP contribution in [0, 0.1) is 15.9 Å². The fraction of sp³-hybridized carbons (Fsp3) is 0.100. The third-order valence-corrected chi connectivity index (χ3v) is 2.17. The summed E-state index contributed by atoms with van der Waals surface area (Å²) >= 11 is 0. The summed E-state index contributed by atoms with van der Waals surface area (Å²) in [6.07, 6.45) is 1.05. The Labute approximate surface area is 100 Å². The van der Waals surface area contributed by atoms with E-state index in [2.05, 4.69) is 10.1 Å². The zero-order valence-corrected chi connectivity index (χ0v) is 8.99. The zero-order valence-electron chi connectivity index (χ0n) is 8.99. The Morgan fingerprint density at radius 3 is 2.78 bits per heavy atom. The molecule has 0 radical (unpaired) electrons. The van der Waals surface area contributed by atoms with Gasteiger partial charge in [0.25, 0.3) is 0 Å². The van der Waals surface area contributed by atoms with Crippen molar-refractivity contribution in [3.05, 3.63) is 52.1 Å². The molecule has 0 saturated carbocycles. The van der Waals surface area contributed by atoms with Gasteiger partial charge >= 0.3 is 5.95 Å². The number of carbonyl (C=O) groups is 1. The van der Waals surface area contributed by atoms with Crippen LogP contribution in [0.15, 0.2) is 30.6 Å². The molecular weight excluding hydrogens is 243 g/mol. The second-order valence-electron chi connectivity index (χ2n) is 3.40. The van der Waals surface area contributed by atoms with Crippen LogP contribution in [0.2, 0.25) is 0 Å². The molecule has 0 unspecified atom stereocenters. The van der Waals surface area contributed by atoms with Crippen LogP contribution in [0.3, 0.4) is 0 Å². The Hall–Kier alpha value is -2.64. The number of Topliss-reactive ketones (excluding diaryl/α,β-unsaturated/α-hetero) is 1. The molecule has 1 heterocycles. The fourth-order valence-corrected chi connectivity index (χ4v) is 1.36. The van der Waals surface area contributed by atoms with Crippen LogP contribution < -0.4 is 0 Å². The molecule has 1 aromatic heterocycles. The van der Waals surface area contributed by atoms with Gasteiger partial charge in [0.15, 0.2) is 5.78 Å². The molecule has 0 spiro atoms. The summed E-state index contributed by atoms with van der Waals surface area (Å²) in [5.74, 6) is -1.78. The maximum absolute atomic E-state index is 13.3. The van der Waals surface area contributed by atoms with Gasteiger partial charge in [0.1, 0.15) is 12.4 Å². The van der Waals surface area contributed by atoms with E-state index >= 15 is 0 Å². The largest absolute Gasteiger partial charge is 0.490 e. The van der Waals surface area contributed by atoms with Crippen molar-refractivity contribution >= 4 is 11.7 Å². The van der Waals surface area contributed by atoms with Crippen LogP contribution >= 0.6 is 0 Å². The summed E-state index contributed by atoms with van der Waals surface area (Å²) in [6, 6.07) is 5.49. The maximum atomic E-state index is 13.3. The van der Waals surface area contributed by atoms with Gasteiger partial charge in [-0.15, -0.1) is 0 Å². The summed E-state index contributed by atoms with van der Waals surface area (Å²) in [5.41, 5.74) is -0.0874. The lowest BCUT2D eigenvalue weighted by molar-refractivity contribution is -0.394. The van der Waals surface area contributed by atoms with E-state index in [4.69, 9.17) is 0 Å². The number of halogens is 1. The number of nitrogens with zero attached hydrogens (tertiary/aromatic N) is 4. The van der Waals surface area contributed by atoms with Gasteiger partial charge in [-0.1, -0.05) is 17.1 Å². The van der Waals surface area contributed by atoms with Gasteiger partial charge < -0.3 is 10.1 Å². The van der Waals surface area contributed by atoms with Gasteiger partial charge in [-0.25, -0.2) is 4.39 Å². The second-order valence-corrected chi connectivity index (χ2v) is 3.40. The van der Waals surface area contributed by atoms with E-state index in [1.807, 2.05) is 0 Å². The van der Waals surface area contributed by atoms with Crippen LogP contribution in [0.4, 0.5) is 10.3 Å². The first-order valence-corrected chi connectivity index (χ1v) is 4.89. The van der Waals surface area contributed by atoms with Gasteiger partial charge in [0.05, 0.1) is 5.56 Å². The molecule has 7 nitrogen and oxygen atoms in total. The van der Waals surface area contributed by atoms with E-state index in [9.17, 15) is 19.3 Å². The predicted octanol–water partition coefficient (Wildman–Crippen LogP) is 1.21. The summed E-state index contributed by atoms with van der Waals surface area (Å²) in [7, 11) is 0. The van der Waals surface area contributed by atoms with Crippen molar-refractivity contribution in [2.45, 2.75) is 6.54 Å². The van der Waals surface area contributed by atoms with E-state index in [0.717, 1.165) is 17.1 Å². The van der Waals surface area contributed by atoms with Gasteiger partial charge in [-0.2, -0.15) is 4.68 Å². The minimum atomic E-state index is -0.774. The third kappa shape index (κ3) is 2.37. The molecule has 0 atom stereocenters. The minimum absolute atomic E-state index is 0.0874. The lowest BCUT2D eigenvalue weighted by atomic mass is 10.1. The molecule has 0 N–H and O–H groups in total. The molecule has 0 aliphatic carbocycles. The third-order valence-electron chi connectivity index (χ3n) is 2.17. The number of ketones is 1. The zero-order chi connectivity index (χ0) is 13.1. The molecule has 2 rings (SSSR count). The molecule has 92 valence electrons. The van der Waals surface area contributed by atoms with Crippen molar-refractivity contribution in [2.24, 2.45) is 0 Å². The Morgan fingerprint density at radius 1 is 1.44 bits per heavy atom. The van der Waals surface area contributed by atoms with E-state index in [1.165, 1.54) is 18.2 Å². The number of hydrogen-bond acceptors (Lipinski definition) is 5. The van der Waals surface area contributed by atoms with Crippen molar-refractivity contribution in [1.29, 1.82) is 0 Å². The first-order chi connectivity index (χ1) is 8.58. The summed E-state index contributed by atoms with van der Waals surface area (Å²) in [4.78, 5) is 24.7. The summed E-state index contributed by atoms with van der Waals surface area (Å²) in [6.45, 7) is -0.304. The Kier molecular flexibility index (Phi) is 3.09. The van der Waals surface area contributed by atoms with Crippen LogP contribution in [0.25, 0.3) is 0 Å². The number of nitro groups is 1. The van der Waals surface area contributed by atoms with E-state index in [0.29, 0.717) is 0 Å². The highest BCUT2D eigenvalue weighted by molar-refractivity contribution is 5.96. The highest BCUT2D eigenvalue weighted by atomic mass is 19.1. The molecule has 18 heavy (non-hydrogen) atoms. The van der Waals surface area contributed by atoms with Gasteiger partial charge in [0, 0.05) is 5.10 Å². The first kappa shape index (κ1) is 11.8. The summed E-state index contributed by atoms with van der Waals surface area (Å²) in [5, 5.41) is 13.8. The average molecular weight is 250 g/mol.